The van der Waals surface area contributed by atoms with E-state index < -0.39 is 0 Å². The highest BCUT2D eigenvalue weighted by Crippen LogP contribution is 2.32. The van der Waals surface area contributed by atoms with Gasteiger partial charge in [0.25, 0.3) is 0 Å². The molecule has 2 rings (SSSR count). The van der Waals surface area contributed by atoms with E-state index in [2.05, 4.69) is 0 Å². The normalized spacial score (nSPS) is 17.8. The number of rotatable bonds is 2. The average Bonchev–Trinajstić information content (AvgIpc) is 2.37. The molecule has 3 nitrogen and oxygen atoms in total. The Kier molecular flexibility index (Phi) is 3.74. The monoisotopic (exact) mass is 249 g/mol. The molecule has 0 fully saturated rings. The Morgan fingerprint density at radius 2 is 2.24 bits per heavy atom. The molecule has 0 saturated carbocycles. The molecule has 1 amide bonds. The number of fused-ring (bicyclic) bond motifs is 1. The number of para-hydroxylation sites is 1. The summed E-state index contributed by atoms with van der Waals surface area (Å²) in [7, 11) is 0. The van der Waals surface area contributed by atoms with Gasteiger partial charge in [0.05, 0.1) is 12.3 Å². The number of amides is 1. The third-order valence-electron chi connectivity index (χ3n) is 2.60. The van der Waals surface area contributed by atoms with Crippen molar-refractivity contribution in [2.75, 3.05) is 17.8 Å². The first-order chi connectivity index (χ1) is 8.27. The topological polar surface area (TPSA) is 29.5 Å². The molecule has 0 radical (unpaired) electrons. The SMILES string of the molecule is CCOC(=O)N1c2ccccc2C=CC1SC. The minimum absolute atomic E-state index is 0.00366. The minimum Gasteiger partial charge on any atom is -0.449 e. The second kappa shape index (κ2) is 5.27. The van der Waals surface area contributed by atoms with Gasteiger partial charge in [0, 0.05) is 0 Å². The summed E-state index contributed by atoms with van der Waals surface area (Å²) in [6.07, 6.45) is 5.76. The Bertz CT molecular complexity index is 445. The van der Waals surface area contributed by atoms with E-state index in [1.165, 1.54) is 0 Å². The lowest BCUT2D eigenvalue weighted by Crippen LogP contribution is -2.39. The number of nitrogens with zero attached hydrogens (tertiary/aromatic N) is 1. The average molecular weight is 249 g/mol. The maximum absolute atomic E-state index is 12.0. The molecule has 0 saturated heterocycles. The lowest BCUT2D eigenvalue weighted by atomic mass is 10.1. The summed E-state index contributed by atoms with van der Waals surface area (Å²) in [5.41, 5.74) is 1.96. The molecule has 1 aromatic carbocycles. The lowest BCUT2D eigenvalue weighted by Gasteiger charge is -2.31. The minimum atomic E-state index is -0.288. The molecule has 1 atom stereocenters. The highest BCUT2D eigenvalue weighted by atomic mass is 32.2. The smallest absolute Gasteiger partial charge is 0.415 e. The van der Waals surface area contributed by atoms with E-state index in [4.69, 9.17) is 4.74 Å². The van der Waals surface area contributed by atoms with Gasteiger partial charge < -0.3 is 4.74 Å². The second-order valence-corrected chi connectivity index (χ2v) is 4.57. The summed E-state index contributed by atoms with van der Waals surface area (Å²) in [5, 5.41) is 0.00366. The maximum atomic E-state index is 12.0. The van der Waals surface area contributed by atoms with Gasteiger partial charge in [-0.15, -0.1) is 11.8 Å². The van der Waals surface area contributed by atoms with Gasteiger partial charge >= 0.3 is 6.09 Å². The van der Waals surface area contributed by atoms with Gasteiger partial charge in [0.2, 0.25) is 0 Å². The molecule has 1 aromatic rings. The summed E-state index contributed by atoms with van der Waals surface area (Å²) in [5.74, 6) is 0. The zero-order valence-corrected chi connectivity index (χ0v) is 10.7. The molecule has 1 heterocycles. The molecule has 4 heteroatoms. The van der Waals surface area contributed by atoms with Crippen molar-refractivity contribution in [1.82, 2.24) is 0 Å². The fourth-order valence-electron chi connectivity index (χ4n) is 1.84. The Hall–Kier alpha value is -1.42. The van der Waals surface area contributed by atoms with Crippen molar-refractivity contribution in [2.45, 2.75) is 12.3 Å². The Labute approximate surface area is 105 Å². The first kappa shape index (κ1) is 12.0. The summed E-state index contributed by atoms with van der Waals surface area (Å²) in [4.78, 5) is 13.7. The predicted octanol–water partition coefficient (Wildman–Crippen LogP) is 3.37. The number of hydrogen-bond donors (Lipinski definition) is 0. The lowest BCUT2D eigenvalue weighted by molar-refractivity contribution is 0.160. The number of thioether (sulfide) groups is 1. The van der Waals surface area contributed by atoms with Crippen LogP contribution in [0.1, 0.15) is 12.5 Å². The summed E-state index contributed by atoms with van der Waals surface area (Å²) in [6, 6.07) is 7.83. The molecular weight excluding hydrogens is 234 g/mol. The zero-order valence-electron chi connectivity index (χ0n) is 9.92. The molecular formula is C13H15NO2S. The van der Waals surface area contributed by atoms with Crippen LogP contribution in [0.3, 0.4) is 0 Å². The Balaban J connectivity index is 2.38. The van der Waals surface area contributed by atoms with Gasteiger partial charge in [-0.25, -0.2) is 4.79 Å². The molecule has 1 aliphatic heterocycles. The van der Waals surface area contributed by atoms with Gasteiger partial charge in [-0.3, -0.25) is 4.90 Å². The number of ether oxygens (including phenoxy) is 1. The molecule has 0 aromatic heterocycles. The molecule has 0 N–H and O–H groups in total. The van der Waals surface area contributed by atoms with Gasteiger partial charge in [-0.05, 0) is 24.8 Å². The molecule has 1 unspecified atom stereocenters. The van der Waals surface area contributed by atoms with Gasteiger partial charge in [0.15, 0.2) is 0 Å². The van der Waals surface area contributed by atoms with Crippen molar-refractivity contribution in [1.29, 1.82) is 0 Å². The maximum Gasteiger partial charge on any atom is 0.415 e. The van der Waals surface area contributed by atoms with Crippen molar-refractivity contribution in [3.05, 3.63) is 35.9 Å². The number of carbonyl (C=O) groups excluding carboxylic acids is 1. The Morgan fingerprint density at radius 3 is 2.94 bits per heavy atom. The van der Waals surface area contributed by atoms with Gasteiger partial charge in [0.1, 0.15) is 5.37 Å². The molecule has 1 aliphatic rings. The van der Waals surface area contributed by atoms with Crippen LogP contribution in [-0.4, -0.2) is 24.3 Å². The number of carbonyl (C=O) groups is 1. The predicted molar refractivity (Wildman–Crippen MR) is 72.3 cm³/mol. The third-order valence-corrected chi connectivity index (χ3v) is 3.45. The van der Waals surface area contributed by atoms with Crippen LogP contribution in [0.25, 0.3) is 6.08 Å². The van der Waals surface area contributed by atoms with Crippen molar-refractivity contribution >= 4 is 29.6 Å². The van der Waals surface area contributed by atoms with E-state index in [1.54, 1.807) is 16.7 Å². The number of benzene rings is 1. The Morgan fingerprint density at radius 1 is 1.47 bits per heavy atom. The van der Waals surface area contributed by atoms with Crippen molar-refractivity contribution in [3.8, 4) is 0 Å². The van der Waals surface area contributed by atoms with Crippen LogP contribution in [0.4, 0.5) is 10.5 Å². The van der Waals surface area contributed by atoms with Crippen LogP contribution < -0.4 is 4.90 Å². The van der Waals surface area contributed by atoms with Crippen LogP contribution in [-0.2, 0) is 4.74 Å². The largest absolute Gasteiger partial charge is 0.449 e. The zero-order chi connectivity index (χ0) is 12.3. The summed E-state index contributed by atoms with van der Waals surface area (Å²) >= 11 is 1.61. The standard InChI is InChI=1S/C13H15NO2S/c1-3-16-13(15)14-11-7-5-4-6-10(11)8-9-12(14)17-2/h4-9,12H,3H2,1-2H3. The number of hydrogen-bond acceptors (Lipinski definition) is 3. The van der Waals surface area contributed by atoms with Crippen LogP contribution in [0.2, 0.25) is 0 Å². The van der Waals surface area contributed by atoms with E-state index in [0.29, 0.717) is 6.61 Å². The molecule has 17 heavy (non-hydrogen) atoms. The van der Waals surface area contributed by atoms with E-state index in [-0.39, 0.29) is 11.5 Å². The highest BCUT2D eigenvalue weighted by Gasteiger charge is 2.28. The fourth-order valence-corrected chi connectivity index (χ4v) is 2.48. The van der Waals surface area contributed by atoms with Crippen molar-refractivity contribution < 1.29 is 9.53 Å². The van der Waals surface area contributed by atoms with E-state index in [9.17, 15) is 4.79 Å². The van der Waals surface area contributed by atoms with Crippen LogP contribution in [0.5, 0.6) is 0 Å². The highest BCUT2D eigenvalue weighted by molar-refractivity contribution is 7.99. The van der Waals surface area contributed by atoms with Gasteiger partial charge in [-0.2, -0.15) is 0 Å². The summed E-state index contributed by atoms with van der Waals surface area (Å²) < 4.78 is 5.11. The van der Waals surface area contributed by atoms with Crippen molar-refractivity contribution in [2.24, 2.45) is 0 Å². The quantitative estimate of drug-likeness (QED) is 0.805. The van der Waals surface area contributed by atoms with Crippen LogP contribution >= 0.6 is 11.8 Å². The molecule has 0 aliphatic carbocycles. The first-order valence-corrected chi connectivity index (χ1v) is 6.82. The fraction of sp³-hybridized carbons (Fsp3) is 0.308. The summed E-state index contributed by atoms with van der Waals surface area (Å²) in [6.45, 7) is 2.21. The van der Waals surface area contributed by atoms with Crippen LogP contribution in [0.15, 0.2) is 30.3 Å². The molecule has 0 spiro atoms. The number of anilines is 1. The first-order valence-electron chi connectivity index (χ1n) is 5.54. The van der Waals surface area contributed by atoms with E-state index >= 15 is 0 Å². The van der Waals surface area contributed by atoms with E-state index in [0.717, 1.165) is 11.3 Å². The molecule has 0 bridgehead atoms. The van der Waals surface area contributed by atoms with E-state index in [1.807, 2.05) is 49.6 Å². The second-order valence-electron chi connectivity index (χ2n) is 3.61. The van der Waals surface area contributed by atoms with Gasteiger partial charge in [-0.1, -0.05) is 30.4 Å². The van der Waals surface area contributed by atoms with Crippen molar-refractivity contribution in [3.63, 3.8) is 0 Å². The van der Waals surface area contributed by atoms with Crippen LogP contribution in [0, 0.1) is 0 Å². The third kappa shape index (κ3) is 2.31. The molecule has 90 valence electrons.